The highest BCUT2D eigenvalue weighted by Gasteiger charge is 2.06. The molecule has 5 heteroatoms. The minimum Gasteiger partial charge on any atom is -0.383 e. The van der Waals surface area contributed by atoms with Gasteiger partial charge in [0.25, 0.3) is 0 Å². The number of nitrogens with one attached hydrogen (secondary N) is 1. The number of anilines is 1. The maximum absolute atomic E-state index is 8.88. The maximum Gasteiger partial charge on any atom is 0.106 e. The van der Waals surface area contributed by atoms with E-state index in [1.165, 1.54) is 0 Å². The van der Waals surface area contributed by atoms with Gasteiger partial charge in [0.2, 0.25) is 0 Å². The average Bonchev–Trinajstić information content (AvgIpc) is 2.83. The first-order valence-corrected chi connectivity index (χ1v) is 7.42. The molecule has 110 valence electrons. The molecule has 0 aliphatic carbocycles. The molecule has 0 saturated carbocycles. The van der Waals surface area contributed by atoms with Crippen LogP contribution in [0.2, 0.25) is 5.02 Å². The Balaban J connectivity index is 1.71. The Kier molecular flexibility index (Phi) is 3.99. The van der Waals surface area contributed by atoms with Crippen LogP contribution in [-0.2, 0) is 6.54 Å². The molecule has 0 atom stereocenters. The lowest BCUT2D eigenvalue weighted by molar-refractivity contribution is 0.721. The van der Waals surface area contributed by atoms with E-state index in [0.717, 1.165) is 35.6 Å². The van der Waals surface area contributed by atoms with Crippen molar-refractivity contribution < 1.29 is 0 Å². The van der Waals surface area contributed by atoms with Gasteiger partial charge in [-0.15, -0.1) is 0 Å². The highest BCUT2D eigenvalue weighted by molar-refractivity contribution is 6.32. The van der Waals surface area contributed by atoms with Crippen LogP contribution in [0.3, 0.4) is 0 Å². The van der Waals surface area contributed by atoms with Crippen molar-refractivity contribution in [1.82, 2.24) is 9.55 Å². The number of hydrogen-bond acceptors (Lipinski definition) is 3. The Morgan fingerprint density at radius 1 is 1.27 bits per heavy atom. The van der Waals surface area contributed by atoms with Crippen LogP contribution in [0.15, 0.2) is 42.5 Å². The molecule has 22 heavy (non-hydrogen) atoms. The molecular formula is C17H15ClN4. The summed E-state index contributed by atoms with van der Waals surface area (Å²) in [6.07, 6.45) is 0. The van der Waals surface area contributed by atoms with E-state index in [-0.39, 0.29) is 0 Å². The summed E-state index contributed by atoms with van der Waals surface area (Å²) in [6, 6.07) is 15.5. The highest BCUT2D eigenvalue weighted by atomic mass is 35.5. The van der Waals surface area contributed by atoms with E-state index >= 15 is 0 Å². The molecule has 0 spiro atoms. The summed E-state index contributed by atoms with van der Waals surface area (Å²) in [5, 5.41) is 12.7. The zero-order valence-corrected chi connectivity index (χ0v) is 12.9. The van der Waals surface area contributed by atoms with E-state index < -0.39 is 0 Å². The van der Waals surface area contributed by atoms with Gasteiger partial charge in [-0.05, 0) is 37.3 Å². The summed E-state index contributed by atoms with van der Waals surface area (Å²) in [6.45, 7) is 3.58. The van der Waals surface area contributed by atoms with Crippen LogP contribution in [0, 0.1) is 18.3 Å². The molecular weight excluding hydrogens is 296 g/mol. The van der Waals surface area contributed by atoms with Gasteiger partial charge < -0.3 is 9.88 Å². The third kappa shape index (κ3) is 2.76. The molecule has 3 aromatic rings. The number of aryl methyl sites for hydroxylation is 1. The van der Waals surface area contributed by atoms with Crippen LogP contribution in [-0.4, -0.2) is 16.1 Å². The molecule has 0 saturated heterocycles. The fourth-order valence-electron chi connectivity index (χ4n) is 2.51. The van der Waals surface area contributed by atoms with Gasteiger partial charge in [-0.25, -0.2) is 4.98 Å². The number of imidazole rings is 1. The Morgan fingerprint density at radius 3 is 2.86 bits per heavy atom. The molecule has 2 aromatic carbocycles. The van der Waals surface area contributed by atoms with Gasteiger partial charge >= 0.3 is 0 Å². The number of aromatic nitrogens is 2. The van der Waals surface area contributed by atoms with E-state index in [0.29, 0.717) is 10.6 Å². The molecule has 4 nitrogen and oxygen atoms in total. The third-order valence-corrected chi connectivity index (χ3v) is 3.91. The number of fused-ring (bicyclic) bond motifs is 1. The molecule has 1 N–H and O–H groups in total. The summed E-state index contributed by atoms with van der Waals surface area (Å²) in [5.41, 5.74) is 3.55. The summed E-state index contributed by atoms with van der Waals surface area (Å²) in [4.78, 5) is 4.55. The molecule has 0 fully saturated rings. The van der Waals surface area contributed by atoms with Gasteiger partial charge in [0.15, 0.2) is 0 Å². The average molecular weight is 311 g/mol. The molecule has 0 radical (unpaired) electrons. The summed E-state index contributed by atoms with van der Waals surface area (Å²) >= 11 is 6.03. The van der Waals surface area contributed by atoms with E-state index in [2.05, 4.69) is 27.0 Å². The van der Waals surface area contributed by atoms with Gasteiger partial charge in [0.05, 0.1) is 21.6 Å². The van der Waals surface area contributed by atoms with Crippen molar-refractivity contribution in [3.8, 4) is 6.07 Å². The molecule has 0 aliphatic heterocycles. The molecule has 3 rings (SSSR count). The molecule has 1 aromatic heterocycles. The van der Waals surface area contributed by atoms with Crippen molar-refractivity contribution in [3.05, 3.63) is 58.9 Å². The second-order valence-corrected chi connectivity index (χ2v) is 5.44. The summed E-state index contributed by atoms with van der Waals surface area (Å²) < 4.78 is 2.19. The number of nitriles is 1. The third-order valence-electron chi connectivity index (χ3n) is 3.60. The predicted molar refractivity (Wildman–Crippen MR) is 89.1 cm³/mol. The van der Waals surface area contributed by atoms with Crippen molar-refractivity contribution in [3.63, 3.8) is 0 Å². The fourth-order valence-corrected chi connectivity index (χ4v) is 2.73. The first-order chi connectivity index (χ1) is 10.7. The number of rotatable bonds is 4. The van der Waals surface area contributed by atoms with Crippen LogP contribution in [0.1, 0.15) is 11.4 Å². The lowest BCUT2D eigenvalue weighted by Gasteiger charge is -2.10. The first-order valence-electron chi connectivity index (χ1n) is 7.04. The number of benzene rings is 2. The number of nitrogens with zero attached hydrogens (tertiary/aromatic N) is 3. The van der Waals surface area contributed by atoms with E-state index in [9.17, 15) is 0 Å². The maximum atomic E-state index is 8.88. The summed E-state index contributed by atoms with van der Waals surface area (Å²) in [7, 11) is 0. The summed E-state index contributed by atoms with van der Waals surface area (Å²) in [5.74, 6) is 1.00. The van der Waals surface area contributed by atoms with Crippen molar-refractivity contribution >= 4 is 28.3 Å². The second kappa shape index (κ2) is 6.08. The van der Waals surface area contributed by atoms with E-state index in [1.807, 2.05) is 31.2 Å². The molecule has 0 bridgehead atoms. The van der Waals surface area contributed by atoms with Crippen LogP contribution < -0.4 is 5.32 Å². The topological polar surface area (TPSA) is 53.6 Å². The van der Waals surface area contributed by atoms with E-state index in [4.69, 9.17) is 16.9 Å². The highest BCUT2D eigenvalue weighted by Crippen LogP contribution is 2.20. The van der Waals surface area contributed by atoms with Gasteiger partial charge in [-0.3, -0.25) is 0 Å². The Labute approximate surface area is 134 Å². The fraction of sp³-hybridized carbons (Fsp3) is 0.176. The quantitative estimate of drug-likeness (QED) is 0.793. The largest absolute Gasteiger partial charge is 0.383 e. The van der Waals surface area contributed by atoms with Crippen LogP contribution >= 0.6 is 11.6 Å². The van der Waals surface area contributed by atoms with Crippen molar-refractivity contribution in [2.45, 2.75) is 13.5 Å². The lowest BCUT2D eigenvalue weighted by atomic mass is 10.2. The van der Waals surface area contributed by atoms with Crippen molar-refractivity contribution in [2.24, 2.45) is 0 Å². The standard InChI is InChI=1S/C17H15ClN4/c1-12-21-16-4-2-3-5-17(16)22(12)9-8-20-14-7-6-13(11-19)15(18)10-14/h2-7,10,20H,8-9H2,1H3. The van der Waals surface area contributed by atoms with Gasteiger partial charge in [-0.2, -0.15) is 5.26 Å². The molecule has 0 amide bonds. The van der Waals surface area contributed by atoms with E-state index in [1.54, 1.807) is 12.1 Å². The minimum atomic E-state index is 0.469. The van der Waals surface area contributed by atoms with Crippen LogP contribution in [0.4, 0.5) is 5.69 Å². The van der Waals surface area contributed by atoms with Gasteiger partial charge in [0.1, 0.15) is 11.9 Å². The zero-order valence-electron chi connectivity index (χ0n) is 12.2. The molecule has 0 aliphatic rings. The molecule has 0 unspecified atom stereocenters. The Hall–Kier alpha value is -2.51. The minimum absolute atomic E-state index is 0.469. The monoisotopic (exact) mass is 310 g/mol. The normalized spacial score (nSPS) is 10.6. The number of para-hydroxylation sites is 2. The first kappa shape index (κ1) is 14.4. The van der Waals surface area contributed by atoms with Crippen molar-refractivity contribution in [1.29, 1.82) is 5.26 Å². The van der Waals surface area contributed by atoms with Gasteiger partial charge in [0, 0.05) is 18.8 Å². The van der Waals surface area contributed by atoms with Crippen molar-refractivity contribution in [2.75, 3.05) is 11.9 Å². The zero-order chi connectivity index (χ0) is 15.5. The SMILES string of the molecule is Cc1nc2ccccc2n1CCNc1ccc(C#N)c(Cl)c1. The molecule has 1 heterocycles. The lowest BCUT2D eigenvalue weighted by Crippen LogP contribution is -2.11. The second-order valence-electron chi connectivity index (χ2n) is 5.03. The number of halogens is 1. The predicted octanol–water partition coefficient (Wildman–Crippen LogP) is 3.98. The smallest absolute Gasteiger partial charge is 0.106 e. The van der Waals surface area contributed by atoms with Crippen LogP contribution in [0.25, 0.3) is 11.0 Å². The Bertz CT molecular complexity index is 861. The van der Waals surface area contributed by atoms with Gasteiger partial charge in [-0.1, -0.05) is 23.7 Å². The Morgan fingerprint density at radius 2 is 2.09 bits per heavy atom. The number of hydrogen-bond donors (Lipinski definition) is 1. The van der Waals surface area contributed by atoms with Crippen LogP contribution in [0.5, 0.6) is 0 Å².